The third kappa shape index (κ3) is 3.09. The highest BCUT2D eigenvalue weighted by Crippen LogP contribution is 2.25. The molecule has 2 atom stereocenters. The summed E-state index contributed by atoms with van der Waals surface area (Å²) in [6, 6.07) is 0.310. The molecule has 0 radical (unpaired) electrons. The highest BCUT2D eigenvalue weighted by atomic mass is 16.2. The van der Waals surface area contributed by atoms with E-state index in [0.29, 0.717) is 18.5 Å². The molecule has 3 nitrogen and oxygen atoms in total. The maximum absolute atomic E-state index is 11.2. The molecule has 13 heavy (non-hydrogen) atoms. The molecule has 1 fully saturated rings. The predicted octanol–water partition coefficient (Wildman–Crippen LogP) is 1.66. The van der Waals surface area contributed by atoms with Crippen molar-refractivity contribution in [2.45, 2.75) is 32.7 Å². The molecule has 0 aromatic carbocycles. The lowest BCUT2D eigenvalue weighted by atomic mass is 9.81. The van der Waals surface area contributed by atoms with Gasteiger partial charge in [-0.15, -0.1) is 0 Å². The van der Waals surface area contributed by atoms with Crippen LogP contribution >= 0.6 is 0 Å². The van der Waals surface area contributed by atoms with Crippen molar-refractivity contribution in [2.24, 2.45) is 5.92 Å². The largest absolute Gasteiger partial charge is 0.335 e. The van der Waals surface area contributed by atoms with E-state index in [2.05, 4.69) is 24.1 Å². The van der Waals surface area contributed by atoms with Gasteiger partial charge in [0.25, 0.3) is 0 Å². The van der Waals surface area contributed by atoms with Crippen molar-refractivity contribution < 1.29 is 4.79 Å². The van der Waals surface area contributed by atoms with Crippen molar-refractivity contribution in [3.05, 3.63) is 12.2 Å². The summed E-state index contributed by atoms with van der Waals surface area (Å²) in [6.45, 7) is 8.33. The summed E-state index contributed by atoms with van der Waals surface area (Å²) in [5.41, 5.74) is 0.969. The summed E-state index contributed by atoms with van der Waals surface area (Å²) in [7, 11) is 0. The number of amides is 2. The van der Waals surface area contributed by atoms with Crippen molar-refractivity contribution in [3.8, 4) is 0 Å². The van der Waals surface area contributed by atoms with Gasteiger partial charge in [0.1, 0.15) is 0 Å². The molecule has 74 valence electrons. The molecule has 1 saturated carbocycles. The number of rotatable bonds is 3. The van der Waals surface area contributed by atoms with Crippen LogP contribution in [0.3, 0.4) is 0 Å². The van der Waals surface area contributed by atoms with Crippen molar-refractivity contribution in [1.29, 1.82) is 0 Å². The highest BCUT2D eigenvalue weighted by molar-refractivity contribution is 5.74. The van der Waals surface area contributed by atoms with E-state index in [1.54, 1.807) is 0 Å². The minimum Gasteiger partial charge on any atom is -0.335 e. The molecule has 1 rings (SSSR count). The van der Waals surface area contributed by atoms with Gasteiger partial charge in [-0.3, -0.25) is 0 Å². The topological polar surface area (TPSA) is 41.1 Å². The van der Waals surface area contributed by atoms with Gasteiger partial charge in [-0.05, 0) is 25.7 Å². The van der Waals surface area contributed by atoms with Gasteiger partial charge in [-0.2, -0.15) is 0 Å². The standard InChI is InChI=1S/C10H18N2O/c1-7(2)6-11-10(13)12-9-5-4-8(9)3/h8-9H,1,4-6H2,2-3H3,(H2,11,12,13). The van der Waals surface area contributed by atoms with E-state index in [9.17, 15) is 4.79 Å². The first kappa shape index (κ1) is 10.1. The first-order valence-corrected chi connectivity index (χ1v) is 4.78. The quantitative estimate of drug-likeness (QED) is 0.640. The van der Waals surface area contributed by atoms with Crippen LogP contribution in [0.1, 0.15) is 26.7 Å². The molecule has 0 bridgehead atoms. The molecular weight excluding hydrogens is 164 g/mol. The van der Waals surface area contributed by atoms with Gasteiger partial charge < -0.3 is 10.6 Å². The first-order chi connectivity index (χ1) is 6.09. The van der Waals surface area contributed by atoms with E-state index in [4.69, 9.17) is 0 Å². The Morgan fingerprint density at radius 3 is 2.62 bits per heavy atom. The Morgan fingerprint density at radius 1 is 1.54 bits per heavy atom. The normalized spacial score (nSPS) is 26.0. The average molecular weight is 182 g/mol. The second-order valence-electron chi connectivity index (χ2n) is 3.95. The van der Waals surface area contributed by atoms with Crippen LogP contribution in [0.15, 0.2) is 12.2 Å². The second kappa shape index (κ2) is 4.30. The van der Waals surface area contributed by atoms with E-state index >= 15 is 0 Å². The molecule has 2 amide bonds. The Kier molecular flexibility index (Phi) is 3.34. The van der Waals surface area contributed by atoms with Gasteiger partial charge in [0.15, 0.2) is 0 Å². The monoisotopic (exact) mass is 182 g/mol. The Morgan fingerprint density at radius 2 is 2.23 bits per heavy atom. The van der Waals surface area contributed by atoms with Gasteiger partial charge in [0.05, 0.1) is 0 Å². The van der Waals surface area contributed by atoms with Crippen LogP contribution in [0.25, 0.3) is 0 Å². The zero-order valence-electron chi connectivity index (χ0n) is 8.39. The van der Waals surface area contributed by atoms with E-state index < -0.39 is 0 Å². The van der Waals surface area contributed by atoms with Gasteiger partial charge in [-0.1, -0.05) is 19.1 Å². The molecule has 0 aliphatic heterocycles. The van der Waals surface area contributed by atoms with E-state index in [1.807, 2.05) is 6.92 Å². The summed E-state index contributed by atoms with van der Waals surface area (Å²) in [5.74, 6) is 0.635. The summed E-state index contributed by atoms with van der Waals surface area (Å²) in [5, 5.41) is 5.68. The average Bonchev–Trinajstić information content (AvgIpc) is 2.08. The third-order valence-electron chi connectivity index (χ3n) is 2.49. The fourth-order valence-electron chi connectivity index (χ4n) is 1.33. The number of carbonyl (C=O) groups excluding carboxylic acids is 1. The van der Waals surface area contributed by atoms with Crippen molar-refractivity contribution in [1.82, 2.24) is 10.6 Å². The second-order valence-corrected chi connectivity index (χ2v) is 3.95. The SMILES string of the molecule is C=C(C)CNC(=O)NC1CCC1C. The van der Waals surface area contributed by atoms with Crippen LogP contribution in [0.4, 0.5) is 4.79 Å². The molecule has 0 saturated heterocycles. The molecule has 1 aliphatic rings. The molecule has 0 spiro atoms. The third-order valence-corrected chi connectivity index (χ3v) is 2.49. The van der Waals surface area contributed by atoms with Crippen LogP contribution in [0, 0.1) is 5.92 Å². The molecule has 0 heterocycles. The van der Waals surface area contributed by atoms with Crippen molar-refractivity contribution >= 4 is 6.03 Å². The van der Waals surface area contributed by atoms with Gasteiger partial charge >= 0.3 is 6.03 Å². The maximum Gasteiger partial charge on any atom is 0.315 e. The van der Waals surface area contributed by atoms with Crippen LogP contribution in [-0.2, 0) is 0 Å². The fraction of sp³-hybridized carbons (Fsp3) is 0.700. The van der Waals surface area contributed by atoms with Gasteiger partial charge in [0.2, 0.25) is 0 Å². The molecule has 2 N–H and O–H groups in total. The molecule has 0 aromatic heterocycles. The van der Waals surface area contributed by atoms with Crippen LogP contribution < -0.4 is 10.6 Å². The van der Waals surface area contributed by atoms with E-state index in [1.165, 1.54) is 6.42 Å². The molecule has 2 unspecified atom stereocenters. The van der Waals surface area contributed by atoms with Crippen molar-refractivity contribution in [2.75, 3.05) is 6.54 Å². The number of hydrogen-bond acceptors (Lipinski definition) is 1. The Labute approximate surface area is 79.6 Å². The van der Waals surface area contributed by atoms with Crippen LogP contribution in [0.2, 0.25) is 0 Å². The zero-order chi connectivity index (χ0) is 9.84. The number of carbonyl (C=O) groups is 1. The van der Waals surface area contributed by atoms with Crippen LogP contribution in [-0.4, -0.2) is 18.6 Å². The number of hydrogen-bond donors (Lipinski definition) is 2. The summed E-state index contributed by atoms with van der Waals surface area (Å²) >= 11 is 0. The number of nitrogens with one attached hydrogen (secondary N) is 2. The van der Waals surface area contributed by atoms with Gasteiger partial charge in [-0.25, -0.2) is 4.79 Å². The summed E-state index contributed by atoms with van der Waals surface area (Å²) in [4.78, 5) is 11.2. The minimum atomic E-state index is -0.0699. The lowest BCUT2D eigenvalue weighted by Crippen LogP contribution is -2.49. The zero-order valence-corrected chi connectivity index (χ0v) is 8.39. The lowest BCUT2D eigenvalue weighted by molar-refractivity contribution is 0.204. The molecular formula is C10H18N2O. The molecule has 1 aliphatic carbocycles. The maximum atomic E-state index is 11.2. The molecule has 3 heteroatoms. The van der Waals surface area contributed by atoms with E-state index in [0.717, 1.165) is 12.0 Å². The molecule has 0 aromatic rings. The Hall–Kier alpha value is -0.990. The summed E-state index contributed by atoms with van der Waals surface area (Å²) in [6.07, 6.45) is 2.34. The van der Waals surface area contributed by atoms with E-state index in [-0.39, 0.29) is 6.03 Å². The fourth-order valence-corrected chi connectivity index (χ4v) is 1.33. The Balaban J connectivity index is 2.14. The van der Waals surface area contributed by atoms with Gasteiger partial charge in [0, 0.05) is 12.6 Å². The minimum absolute atomic E-state index is 0.0699. The summed E-state index contributed by atoms with van der Waals surface area (Å²) < 4.78 is 0. The predicted molar refractivity (Wildman–Crippen MR) is 53.5 cm³/mol. The highest BCUT2D eigenvalue weighted by Gasteiger charge is 2.27. The lowest BCUT2D eigenvalue weighted by Gasteiger charge is -2.34. The first-order valence-electron chi connectivity index (χ1n) is 4.78. The van der Waals surface area contributed by atoms with Crippen molar-refractivity contribution in [3.63, 3.8) is 0 Å². The smallest absolute Gasteiger partial charge is 0.315 e. The Bertz CT molecular complexity index is 213. The number of urea groups is 1. The van der Waals surface area contributed by atoms with Crippen LogP contribution in [0.5, 0.6) is 0 Å².